The van der Waals surface area contributed by atoms with E-state index in [0.29, 0.717) is 6.29 Å². The molecule has 1 aliphatic rings. The molecule has 24 heavy (non-hydrogen) atoms. The van der Waals surface area contributed by atoms with Crippen molar-refractivity contribution < 1.29 is 42.9 Å². The number of carbonyl (C=O) groups excluding carboxylic acids is 3. The summed E-state index contributed by atoms with van der Waals surface area (Å²) in [6.07, 6.45) is -0.860. The maximum Gasteiger partial charge on any atom is 0.342 e. The van der Waals surface area contributed by atoms with Gasteiger partial charge in [-0.1, -0.05) is 0 Å². The average Bonchev–Trinajstić information content (AvgIpc) is 2.98. The maximum atomic E-state index is 12.0. The van der Waals surface area contributed by atoms with Crippen molar-refractivity contribution in [1.29, 1.82) is 0 Å². The summed E-state index contributed by atoms with van der Waals surface area (Å²) < 4.78 is 20.3. The van der Waals surface area contributed by atoms with Gasteiger partial charge in [0.1, 0.15) is 12.4 Å². The minimum Gasteiger partial charge on any atom is -0.481 e. The Kier molecular flexibility index (Phi) is 4.74. The van der Waals surface area contributed by atoms with Crippen LogP contribution in [0.15, 0.2) is 16.5 Å². The first-order valence-electron chi connectivity index (χ1n) is 7.01. The maximum absolute atomic E-state index is 12.0. The van der Waals surface area contributed by atoms with Crippen LogP contribution in [0.5, 0.6) is 0 Å². The van der Waals surface area contributed by atoms with Gasteiger partial charge in [-0.3, -0.25) is 14.4 Å². The van der Waals surface area contributed by atoms with Gasteiger partial charge in [-0.05, 0) is 12.1 Å². The fourth-order valence-electron chi connectivity index (χ4n) is 2.34. The molecule has 0 saturated carbocycles. The van der Waals surface area contributed by atoms with Crippen LogP contribution in [0.1, 0.15) is 43.0 Å². The van der Waals surface area contributed by atoms with E-state index in [1.165, 1.54) is 26.0 Å². The van der Waals surface area contributed by atoms with Crippen molar-refractivity contribution >= 4 is 24.2 Å². The molecular formula is C15H16O9. The molecule has 1 N–H and O–H groups in total. The highest BCUT2D eigenvalue weighted by molar-refractivity contribution is 5.91. The first-order valence-corrected chi connectivity index (χ1v) is 7.01. The second-order valence-electron chi connectivity index (χ2n) is 5.72. The summed E-state index contributed by atoms with van der Waals surface area (Å²) in [4.78, 5) is 45.5. The van der Waals surface area contributed by atoms with Crippen LogP contribution in [0.2, 0.25) is 0 Å². The molecule has 1 aromatic heterocycles. The second kappa shape index (κ2) is 6.44. The van der Waals surface area contributed by atoms with E-state index in [4.69, 9.17) is 23.7 Å². The van der Waals surface area contributed by atoms with Crippen molar-refractivity contribution in [2.75, 3.05) is 0 Å². The van der Waals surface area contributed by atoms with E-state index in [1.54, 1.807) is 0 Å². The van der Waals surface area contributed by atoms with E-state index in [1.807, 2.05) is 0 Å². The number of carbonyl (C=O) groups is 4. The molecule has 1 aromatic rings. The van der Waals surface area contributed by atoms with Crippen molar-refractivity contribution in [3.63, 3.8) is 0 Å². The number of aldehydes is 1. The molecule has 9 heteroatoms. The SMILES string of the molecule is CC1(C)OC(=O)C(CC(=O)O)(CC(=O)OCc2ccc(C=O)o2)O1. The van der Waals surface area contributed by atoms with Crippen molar-refractivity contribution in [1.82, 2.24) is 0 Å². The highest BCUT2D eigenvalue weighted by Gasteiger charge is 2.56. The summed E-state index contributed by atoms with van der Waals surface area (Å²) in [5, 5.41) is 8.99. The molecule has 2 heterocycles. The lowest BCUT2D eigenvalue weighted by molar-refractivity contribution is -0.177. The number of hydrogen-bond donors (Lipinski definition) is 1. The topological polar surface area (TPSA) is 129 Å². The van der Waals surface area contributed by atoms with Crippen LogP contribution in [0.3, 0.4) is 0 Å². The van der Waals surface area contributed by atoms with Crippen LogP contribution < -0.4 is 0 Å². The highest BCUT2D eigenvalue weighted by Crippen LogP contribution is 2.37. The van der Waals surface area contributed by atoms with Crippen LogP contribution in [-0.4, -0.2) is 40.7 Å². The zero-order valence-corrected chi connectivity index (χ0v) is 13.1. The Hall–Kier alpha value is -2.68. The number of carboxylic acids is 1. The fraction of sp³-hybridized carbons (Fsp3) is 0.467. The normalized spacial score (nSPS) is 22.0. The fourth-order valence-corrected chi connectivity index (χ4v) is 2.34. The minimum absolute atomic E-state index is 0.0767. The van der Waals surface area contributed by atoms with Crippen LogP contribution in [-0.2, 0) is 35.2 Å². The third kappa shape index (κ3) is 3.99. The van der Waals surface area contributed by atoms with Gasteiger partial charge in [-0.2, -0.15) is 0 Å². The quantitative estimate of drug-likeness (QED) is 0.571. The number of aliphatic carboxylic acids is 1. The van der Waals surface area contributed by atoms with Crippen LogP contribution >= 0.6 is 0 Å². The molecule has 0 amide bonds. The lowest BCUT2D eigenvalue weighted by Crippen LogP contribution is -2.42. The number of furan rings is 1. The van der Waals surface area contributed by atoms with Crippen LogP contribution in [0, 0.1) is 0 Å². The number of cyclic esters (lactones) is 1. The van der Waals surface area contributed by atoms with Crippen molar-refractivity contribution in [2.24, 2.45) is 0 Å². The minimum atomic E-state index is -1.94. The number of esters is 2. The van der Waals surface area contributed by atoms with Crippen molar-refractivity contribution in [3.05, 3.63) is 23.7 Å². The molecular weight excluding hydrogens is 324 g/mol. The third-order valence-electron chi connectivity index (χ3n) is 3.19. The number of ether oxygens (including phenoxy) is 3. The monoisotopic (exact) mass is 340 g/mol. The first kappa shape index (κ1) is 17.7. The molecule has 0 aliphatic carbocycles. The molecule has 2 rings (SSSR count). The van der Waals surface area contributed by atoms with E-state index in [9.17, 15) is 19.2 Å². The predicted octanol–water partition coefficient (Wildman–Crippen LogP) is 1.05. The van der Waals surface area contributed by atoms with Crippen LogP contribution in [0.25, 0.3) is 0 Å². The molecule has 1 saturated heterocycles. The molecule has 1 aliphatic heterocycles. The van der Waals surface area contributed by atoms with Crippen molar-refractivity contribution in [2.45, 2.75) is 44.7 Å². The van der Waals surface area contributed by atoms with Gasteiger partial charge in [0.05, 0.1) is 12.8 Å². The summed E-state index contributed by atoms with van der Waals surface area (Å²) in [7, 11) is 0. The number of rotatable bonds is 7. The number of carboxylic acid groups (broad SMARTS) is 1. The Labute approximate surface area is 136 Å². The molecule has 0 aromatic carbocycles. The number of hydrogen-bond acceptors (Lipinski definition) is 8. The van der Waals surface area contributed by atoms with Gasteiger partial charge in [0.15, 0.2) is 17.6 Å². The molecule has 0 spiro atoms. The molecule has 1 atom stereocenters. The van der Waals surface area contributed by atoms with Gasteiger partial charge < -0.3 is 23.7 Å². The Balaban J connectivity index is 2.03. The third-order valence-corrected chi connectivity index (χ3v) is 3.19. The summed E-state index contributed by atoms with van der Waals surface area (Å²) in [6, 6.07) is 2.86. The predicted molar refractivity (Wildman–Crippen MR) is 74.7 cm³/mol. The zero-order chi connectivity index (χ0) is 18.0. The van der Waals surface area contributed by atoms with E-state index < -0.39 is 42.1 Å². The van der Waals surface area contributed by atoms with E-state index in [0.717, 1.165) is 0 Å². The van der Waals surface area contributed by atoms with Gasteiger partial charge in [-0.15, -0.1) is 0 Å². The summed E-state index contributed by atoms with van der Waals surface area (Å²) in [5.74, 6) is -4.16. The standard InChI is InChI=1S/C15H16O9/c1-14(2)23-13(20)15(24-14,5-11(17)18)6-12(19)21-8-10-4-3-9(7-16)22-10/h3-4,7H,5-6,8H2,1-2H3,(H,17,18). The van der Waals surface area contributed by atoms with Gasteiger partial charge >= 0.3 is 17.9 Å². The lowest BCUT2D eigenvalue weighted by Gasteiger charge is -2.23. The summed E-state index contributed by atoms with van der Waals surface area (Å²) in [5.41, 5.74) is -1.94. The first-order chi connectivity index (χ1) is 11.2. The molecule has 1 fully saturated rings. The van der Waals surface area contributed by atoms with Crippen molar-refractivity contribution in [3.8, 4) is 0 Å². The second-order valence-corrected chi connectivity index (χ2v) is 5.72. The zero-order valence-electron chi connectivity index (χ0n) is 13.1. The van der Waals surface area contributed by atoms with E-state index in [2.05, 4.69) is 0 Å². The molecule has 1 unspecified atom stereocenters. The molecule has 0 radical (unpaired) electrons. The Morgan fingerprint density at radius 2 is 2.00 bits per heavy atom. The van der Waals surface area contributed by atoms with E-state index >= 15 is 0 Å². The lowest BCUT2D eigenvalue weighted by atomic mass is 9.95. The van der Waals surface area contributed by atoms with E-state index in [-0.39, 0.29) is 18.1 Å². The van der Waals surface area contributed by atoms with Crippen LogP contribution in [0.4, 0.5) is 0 Å². The van der Waals surface area contributed by atoms with Gasteiger partial charge in [-0.25, -0.2) is 4.79 Å². The van der Waals surface area contributed by atoms with Gasteiger partial charge in [0.25, 0.3) is 0 Å². The smallest absolute Gasteiger partial charge is 0.342 e. The van der Waals surface area contributed by atoms with Gasteiger partial charge in [0.2, 0.25) is 5.79 Å². The van der Waals surface area contributed by atoms with Gasteiger partial charge in [0, 0.05) is 13.8 Å². The largest absolute Gasteiger partial charge is 0.481 e. The highest BCUT2D eigenvalue weighted by atomic mass is 16.8. The molecule has 130 valence electrons. The summed E-state index contributed by atoms with van der Waals surface area (Å²) >= 11 is 0. The molecule has 9 nitrogen and oxygen atoms in total. The Bertz CT molecular complexity index is 672. The average molecular weight is 340 g/mol. The summed E-state index contributed by atoms with van der Waals surface area (Å²) in [6.45, 7) is 2.60. The molecule has 0 bridgehead atoms. The Morgan fingerprint density at radius 3 is 2.50 bits per heavy atom. The Morgan fingerprint density at radius 1 is 1.29 bits per heavy atom.